The van der Waals surface area contributed by atoms with Crippen molar-refractivity contribution < 1.29 is 39.5 Å². The van der Waals surface area contributed by atoms with Crippen LogP contribution in [0, 0.1) is 0 Å². The highest BCUT2D eigenvalue weighted by atomic mass is 35.5. The highest BCUT2D eigenvalue weighted by molar-refractivity contribution is 6.30. The van der Waals surface area contributed by atoms with E-state index in [2.05, 4.69) is 11.6 Å². The molecule has 0 radical (unpaired) electrons. The Bertz CT molecular complexity index is 271. The van der Waals surface area contributed by atoms with Crippen molar-refractivity contribution in [2.45, 2.75) is 18.0 Å². The number of alkyl halides is 7. The SMILES string of the molecule is FC(F)=C(Cl)C(F)(F)C(F)(F)C(F)(F)F. The minimum absolute atomic E-state index is 3.13. The second kappa shape index (κ2) is 3.76. The Balaban J connectivity index is 5.49. The van der Waals surface area contributed by atoms with Crippen LogP contribution in [0.4, 0.5) is 39.5 Å². The Morgan fingerprint density at radius 1 is 0.800 bits per heavy atom. The van der Waals surface area contributed by atoms with Crippen molar-refractivity contribution in [3.8, 4) is 0 Å². The topological polar surface area (TPSA) is 0 Å². The number of allylic oxidation sites excluding steroid dienone is 1. The molecule has 0 fully saturated rings. The van der Waals surface area contributed by atoms with E-state index in [-0.39, 0.29) is 0 Å². The second-order valence-electron chi connectivity index (χ2n) is 2.22. The first-order valence-corrected chi connectivity index (χ1v) is 3.27. The lowest BCUT2D eigenvalue weighted by atomic mass is 10.1. The fourth-order valence-electron chi connectivity index (χ4n) is 0.435. The highest BCUT2D eigenvalue weighted by Crippen LogP contribution is 2.51. The van der Waals surface area contributed by atoms with Crippen molar-refractivity contribution in [2.24, 2.45) is 0 Å². The molecule has 0 aliphatic rings. The minimum Gasteiger partial charge on any atom is -0.193 e. The molecular weight excluding hydrogens is 266 g/mol. The van der Waals surface area contributed by atoms with E-state index >= 15 is 0 Å². The van der Waals surface area contributed by atoms with E-state index in [0.29, 0.717) is 0 Å². The van der Waals surface area contributed by atoms with Crippen molar-refractivity contribution in [3.63, 3.8) is 0 Å². The molecule has 0 saturated carbocycles. The summed E-state index contributed by atoms with van der Waals surface area (Å²) in [6.45, 7) is 0. The summed E-state index contributed by atoms with van der Waals surface area (Å²) < 4.78 is 105. The molecule has 0 saturated heterocycles. The van der Waals surface area contributed by atoms with Crippen LogP contribution in [0.15, 0.2) is 11.1 Å². The van der Waals surface area contributed by atoms with Gasteiger partial charge < -0.3 is 0 Å². The molecule has 0 heterocycles. The fraction of sp³-hybridized carbons (Fsp3) is 0.600. The van der Waals surface area contributed by atoms with E-state index in [1.807, 2.05) is 0 Å². The van der Waals surface area contributed by atoms with Crippen molar-refractivity contribution >= 4 is 11.6 Å². The van der Waals surface area contributed by atoms with Crippen LogP contribution >= 0.6 is 11.6 Å². The molecule has 10 heteroatoms. The molecule has 15 heavy (non-hydrogen) atoms. The summed E-state index contributed by atoms with van der Waals surface area (Å²) >= 11 is 4.00. The third-order valence-electron chi connectivity index (χ3n) is 1.19. The van der Waals surface area contributed by atoms with E-state index in [1.54, 1.807) is 0 Å². The molecule has 90 valence electrons. The van der Waals surface area contributed by atoms with Gasteiger partial charge in [0.2, 0.25) is 0 Å². The molecule has 0 unspecified atom stereocenters. The standard InChI is InChI=1S/C5ClF9/c6-1(2(7)8)3(9,10)4(11,12)5(13,14)15. The van der Waals surface area contributed by atoms with Gasteiger partial charge in [-0.05, 0) is 0 Å². The third-order valence-corrected chi connectivity index (χ3v) is 1.57. The van der Waals surface area contributed by atoms with Gasteiger partial charge in [-0.2, -0.15) is 39.5 Å². The summed E-state index contributed by atoms with van der Waals surface area (Å²) in [5.74, 6) is -12.9. The first kappa shape index (κ1) is 14.4. The fourth-order valence-corrected chi connectivity index (χ4v) is 0.553. The smallest absolute Gasteiger partial charge is 0.193 e. The molecule has 0 amide bonds. The van der Waals surface area contributed by atoms with E-state index in [9.17, 15) is 39.5 Å². The Labute approximate surface area is 81.3 Å². The lowest BCUT2D eigenvalue weighted by Gasteiger charge is -2.27. The predicted octanol–water partition coefficient (Wildman–Crippen LogP) is 4.17. The number of halogens is 10. The normalized spacial score (nSPS) is 14.0. The van der Waals surface area contributed by atoms with Gasteiger partial charge in [-0.25, -0.2) is 0 Å². The van der Waals surface area contributed by atoms with E-state index in [1.165, 1.54) is 0 Å². The summed E-state index contributed by atoms with van der Waals surface area (Å²) in [4.78, 5) is 0. The summed E-state index contributed by atoms with van der Waals surface area (Å²) in [7, 11) is 0. The first-order chi connectivity index (χ1) is 6.35. The average Bonchev–Trinajstić information content (AvgIpc) is 2.00. The van der Waals surface area contributed by atoms with E-state index in [0.717, 1.165) is 0 Å². The van der Waals surface area contributed by atoms with Crippen LogP contribution in [-0.4, -0.2) is 18.0 Å². The summed E-state index contributed by atoms with van der Waals surface area (Å²) in [5, 5.41) is -3.13. The molecule has 0 rings (SSSR count). The predicted molar refractivity (Wildman–Crippen MR) is 31.0 cm³/mol. The summed E-state index contributed by atoms with van der Waals surface area (Å²) in [6.07, 6.45) is -10.2. The molecule has 0 spiro atoms. The Kier molecular flexibility index (Phi) is 3.61. The zero-order chi connectivity index (χ0) is 12.7. The molecule has 0 bridgehead atoms. The van der Waals surface area contributed by atoms with Crippen LogP contribution in [0.5, 0.6) is 0 Å². The van der Waals surface area contributed by atoms with Gasteiger partial charge in [-0.1, -0.05) is 11.6 Å². The lowest BCUT2D eigenvalue weighted by Crippen LogP contribution is -2.52. The Hall–Kier alpha value is -0.600. The number of rotatable bonds is 2. The maximum absolute atomic E-state index is 12.2. The van der Waals surface area contributed by atoms with Crippen LogP contribution < -0.4 is 0 Å². The molecule has 0 aromatic heterocycles. The molecule has 0 nitrogen and oxygen atoms in total. The van der Waals surface area contributed by atoms with Gasteiger partial charge in [-0.3, -0.25) is 0 Å². The molecule has 0 aromatic carbocycles. The van der Waals surface area contributed by atoms with Crippen LogP contribution in [-0.2, 0) is 0 Å². The molecule has 0 aromatic rings. The third kappa shape index (κ3) is 2.32. The van der Waals surface area contributed by atoms with Gasteiger partial charge in [0.1, 0.15) is 0 Å². The van der Waals surface area contributed by atoms with Gasteiger partial charge >= 0.3 is 18.0 Å². The zero-order valence-electron chi connectivity index (χ0n) is 6.28. The van der Waals surface area contributed by atoms with Gasteiger partial charge in [0, 0.05) is 0 Å². The molecule has 0 atom stereocenters. The van der Waals surface area contributed by atoms with Gasteiger partial charge in [0.05, 0.1) is 0 Å². The summed E-state index contributed by atoms with van der Waals surface area (Å²) in [6, 6.07) is 0. The highest BCUT2D eigenvalue weighted by Gasteiger charge is 2.75. The van der Waals surface area contributed by atoms with Crippen LogP contribution in [0.1, 0.15) is 0 Å². The van der Waals surface area contributed by atoms with Crippen LogP contribution in [0.3, 0.4) is 0 Å². The second-order valence-corrected chi connectivity index (χ2v) is 2.60. The lowest BCUT2D eigenvalue weighted by molar-refractivity contribution is -0.343. The quantitative estimate of drug-likeness (QED) is 0.658. The first-order valence-electron chi connectivity index (χ1n) is 2.89. The van der Waals surface area contributed by atoms with Crippen LogP contribution in [0.25, 0.3) is 0 Å². The zero-order valence-corrected chi connectivity index (χ0v) is 7.04. The maximum atomic E-state index is 12.2. The van der Waals surface area contributed by atoms with Gasteiger partial charge in [-0.15, -0.1) is 0 Å². The summed E-state index contributed by atoms with van der Waals surface area (Å²) in [5.41, 5.74) is 0. The molecule has 0 N–H and O–H groups in total. The Morgan fingerprint density at radius 3 is 1.33 bits per heavy atom. The number of hydrogen-bond acceptors (Lipinski definition) is 0. The minimum atomic E-state index is -6.69. The monoisotopic (exact) mass is 266 g/mol. The van der Waals surface area contributed by atoms with Crippen molar-refractivity contribution in [1.82, 2.24) is 0 Å². The van der Waals surface area contributed by atoms with Gasteiger partial charge in [0.15, 0.2) is 5.03 Å². The van der Waals surface area contributed by atoms with E-state index in [4.69, 9.17) is 0 Å². The molecular formula is C5ClF9. The largest absolute Gasteiger partial charge is 0.460 e. The molecule has 0 aliphatic carbocycles. The molecule has 0 aliphatic heterocycles. The average molecular weight is 266 g/mol. The van der Waals surface area contributed by atoms with Crippen molar-refractivity contribution in [2.75, 3.05) is 0 Å². The van der Waals surface area contributed by atoms with E-state index < -0.39 is 29.1 Å². The van der Waals surface area contributed by atoms with Gasteiger partial charge in [0.25, 0.3) is 6.08 Å². The van der Waals surface area contributed by atoms with Crippen LogP contribution in [0.2, 0.25) is 0 Å². The number of hydrogen-bond donors (Lipinski definition) is 0. The van der Waals surface area contributed by atoms with Crippen molar-refractivity contribution in [1.29, 1.82) is 0 Å². The maximum Gasteiger partial charge on any atom is 0.460 e. The van der Waals surface area contributed by atoms with Crippen molar-refractivity contribution in [3.05, 3.63) is 11.1 Å². The Morgan fingerprint density at radius 2 is 1.13 bits per heavy atom.